The number of hydrogen-bond donors (Lipinski definition) is 2. The lowest BCUT2D eigenvalue weighted by Gasteiger charge is -2.54. The molecule has 1 spiro atoms. The first kappa shape index (κ1) is 18.7. The molecule has 2 heterocycles. The van der Waals surface area contributed by atoms with Gasteiger partial charge in [0.1, 0.15) is 11.3 Å². The fourth-order valence-corrected chi connectivity index (χ4v) is 4.49. The molecule has 2 N–H and O–H groups in total. The molecule has 134 valence electrons. The van der Waals surface area contributed by atoms with E-state index in [2.05, 4.69) is 12.2 Å². The molecule has 2 aliphatic heterocycles. The van der Waals surface area contributed by atoms with Crippen molar-refractivity contribution in [2.75, 3.05) is 0 Å². The first-order chi connectivity index (χ1) is 10.5. The van der Waals surface area contributed by atoms with Crippen molar-refractivity contribution >= 4 is 5.91 Å². The van der Waals surface area contributed by atoms with Crippen LogP contribution in [0.4, 0.5) is 0 Å². The highest BCUT2D eigenvalue weighted by Gasteiger charge is 2.60. The maximum Gasteiger partial charge on any atom is 0.254 e. The summed E-state index contributed by atoms with van der Waals surface area (Å²) in [4.78, 5) is 12.6. The summed E-state index contributed by atoms with van der Waals surface area (Å²) in [7, 11) is 0. The average molecular weight is 326 g/mol. The molecule has 23 heavy (non-hydrogen) atoms. The molecular formula is C18H34N2O3. The van der Waals surface area contributed by atoms with Crippen molar-refractivity contribution in [3.05, 3.63) is 0 Å². The van der Waals surface area contributed by atoms with Gasteiger partial charge in [-0.2, -0.15) is 5.06 Å². The molecule has 0 aromatic rings. The lowest BCUT2D eigenvalue weighted by Crippen LogP contribution is -2.67. The number of hydroxylamine groups is 2. The number of piperidine rings is 1. The van der Waals surface area contributed by atoms with Crippen molar-refractivity contribution in [1.29, 1.82) is 0 Å². The minimum Gasteiger partial charge on any atom is -0.340 e. The molecule has 2 aliphatic rings. The number of carbonyl (C=O) groups is 1. The van der Waals surface area contributed by atoms with Crippen molar-refractivity contribution in [2.45, 2.75) is 109 Å². The summed E-state index contributed by atoms with van der Waals surface area (Å²) >= 11 is 0. The van der Waals surface area contributed by atoms with Crippen LogP contribution in [0.15, 0.2) is 0 Å². The van der Waals surface area contributed by atoms with Gasteiger partial charge in [0, 0.05) is 23.9 Å². The highest BCUT2D eigenvalue weighted by atomic mass is 16.6. The van der Waals surface area contributed by atoms with Gasteiger partial charge in [0.2, 0.25) is 0 Å². The van der Waals surface area contributed by atoms with Crippen LogP contribution in [0.1, 0.15) is 86.5 Å². The monoisotopic (exact) mass is 326 g/mol. The Bertz CT molecular complexity index is 443. The summed E-state index contributed by atoms with van der Waals surface area (Å²) in [5, 5.41) is 15.0. The first-order valence-electron chi connectivity index (χ1n) is 8.98. The van der Waals surface area contributed by atoms with Gasteiger partial charge in [-0.3, -0.25) is 4.79 Å². The van der Waals surface area contributed by atoms with E-state index in [0.29, 0.717) is 12.8 Å². The van der Waals surface area contributed by atoms with E-state index in [9.17, 15) is 10.0 Å². The van der Waals surface area contributed by atoms with Crippen LogP contribution in [0.5, 0.6) is 0 Å². The van der Waals surface area contributed by atoms with Gasteiger partial charge in [0.15, 0.2) is 0 Å². The van der Waals surface area contributed by atoms with Crippen LogP contribution in [0.25, 0.3) is 0 Å². The summed E-state index contributed by atoms with van der Waals surface area (Å²) in [6.07, 6.45) is 6.44. The molecule has 0 aromatic heterocycles. The maximum atomic E-state index is 12.6. The predicted octanol–water partition coefficient (Wildman–Crippen LogP) is 3.60. The van der Waals surface area contributed by atoms with Gasteiger partial charge in [-0.1, -0.05) is 32.6 Å². The zero-order chi connectivity index (χ0) is 17.5. The van der Waals surface area contributed by atoms with E-state index in [0.717, 1.165) is 19.3 Å². The van der Waals surface area contributed by atoms with Gasteiger partial charge >= 0.3 is 0 Å². The highest BCUT2D eigenvalue weighted by Crippen LogP contribution is 2.47. The maximum absolute atomic E-state index is 12.6. The lowest BCUT2D eigenvalue weighted by molar-refractivity contribution is -0.287. The van der Waals surface area contributed by atoms with Crippen molar-refractivity contribution in [2.24, 2.45) is 0 Å². The summed E-state index contributed by atoms with van der Waals surface area (Å²) in [6.45, 7) is 12.0. The third kappa shape index (κ3) is 3.57. The lowest BCUT2D eigenvalue weighted by atomic mass is 9.76. The topological polar surface area (TPSA) is 61.8 Å². The number of unbranched alkanes of at least 4 members (excludes halogenated alkanes) is 3. The minimum atomic E-state index is -0.752. The van der Waals surface area contributed by atoms with E-state index in [1.54, 1.807) is 0 Å². The van der Waals surface area contributed by atoms with Gasteiger partial charge in [-0.05, 0) is 41.0 Å². The van der Waals surface area contributed by atoms with Crippen LogP contribution in [-0.2, 0) is 9.53 Å². The second kappa shape index (κ2) is 6.01. The standard InChI is InChI=1S/C18H34N2O3/c1-7-8-9-10-11-17(6)14(21)19-18(23-17)12-15(2,3)20(22)16(4,5)13-18/h22H,7-13H2,1-6H3,(H,19,21). The number of carbonyl (C=O) groups excluding carboxylic acids is 1. The fourth-order valence-electron chi connectivity index (χ4n) is 4.49. The molecular weight excluding hydrogens is 292 g/mol. The molecule has 5 nitrogen and oxygen atoms in total. The quantitative estimate of drug-likeness (QED) is 0.758. The molecule has 0 radical (unpaired) electrons. The molecule has 2 saturated heterocycles. The summed E-state index contributed by atoms with van der Waals surface area (Å²) < 4.78 is 6.39. The molecule has 5 heteroatoms. The average Bonchev–Trinajstić information content (AvgIpc) is 2.62. The normalized spacial score (nSPS) is 32.2. The Kier molecular flexibility index (Phi) is 4.88. The Morgan fingerprint density at radius 3 is 2.17 bits per heavy atom. The Balaban J connectivity index is 2.14. The summed E-state index contributed by atoms with van der Waals surface area (Å²) in [5.74, 6) is -0.00742. The van der Waals surface area contributed by atoms with E-state index >= 15 is 0 Å². The largest absolute Gasteiger partial charge is 0.340 e. The third-order valence-corrected chi connectivity index (χ3v) is 5.33. The SMILES string of the molecule is CCCCCCC1(C)OC2(CC(C)(C)N(O)C(C)(C)C2)NC1=O. The minimum absolute atomic E-state index is 0.00742. The van der Waals surface area contributed by atoms with E-state index in [1.807, 2.05) is 34.6 Å². The van der Waals surface area contributed by atoms with Crippen LogP contribution >= 0.6 is 0 Å². The van der Waals surface area contributed by atoms with E-state index in [4.69, 9.17) is 4.74 Å². The third-order valence-electron chi connectivity index (χ3n) is 5.33. The molecule has 1 unspecified atom stereocenters. The van der Waals surface area contributed by atoms with E-state index in [1.165, 1.54) is 17.9 Å². The number of ether oxygens (including phenoxy) is 1. The van der Waals surface area contributed by atoms with Gasteiger partial charge in [0.25, 0.3) is 5.91 Å². The van der Waals surface area contributed by atoms with Crippen molar-refractivity contribution in [3.8, 4) is 0 Å². The second-order valence-corrected chi connectivity index (χ2v) is 8.88. The number of nitrogens with zero attached hydrogens (tertiary/aromatic N) is 1. The highest BCUT2D eigenvalue weighted by molar-refractivity contribution is 5.87. The molecule has 0 saturated carbocycles. The summed E-state index contributed by atoms with van der Waals surface area (Å²) in [5.41, 5.74) is -2.34. The molecule has 0 aliphatic carbocycles. The second-order valence-electron chi connectivity index (χ2n) is 8.88. The molecule has 2 fully saturated rings. The first-order valence-corrected chi connectivity index (χ1v) is 8.98. The number of rotatable bonds is 5. The van der Waals surface area contributed by atoms with Gasteiger partial charge in [-0.25, -0.2) is 0 Å². The molecule has 2 rings (SSSR count). The van der Waals surface area contributed by atoms with Gasteiger partial charge in [-0.15, -0.1) is 0 Å². The van der Waals surface area contributed by atoms with Crippen LogP contribution in [0, 0.1) is 0 Å². The number of hydrogen-bond acceptors (Lipinski definition) is 4. The van der Waals surface area contributed by atoms with Crippen LogP contribution < -0.4 is 5.32 Å². The molecule has 0 aromatic carbocycles. The molecule has 1 amide bonds. The van der Waals surface area contributed by atoms with Gasteiger partial charge < -0.3 is 15.3 Å². The van der Waals surface area contributed by atoms with Crippen LogP contribution in [-0.4, -0.2) is 38.6 Å². The number of amides is 1. The van der Waals surface area contributed by atoms with Crippen LogP contribution in [0.2, 0.25) is 0 Å². The van der Waals surface area contributed by atoms with E-state index in [-0.39, 0.29) is 5.91 Å². The smallest absolute Gasteiger partial charge is 0.254 e. The number of nitrogens with one attached hydrogen (secondary N) is 1. The molecule has 1 atom stereocenters. The fraction of sp³-hybridized carbons (Fsp3) is 0.944. The molecule has 0 bridgehead atoms. The van der Waals surface area contributed by atoms with Crippen molar-refractivity contribution in [1.82, 2.24) is 10.4 Å². The van der Waals surface area contributed by atoms with E-state index < -0.39 is 22.4 Å². The van der Waals surface area contributed by atoms with Crippen LogP contribution in [0.3, 0.4) is 0 Å². The Labute approximate surface area is 140 Å². The summed E-state index contributed by atoms with van der Waals surface area (Å²) in [6, 6.07) is 0. The Morgan fingerprint density at radius 2 is 1.65 bits per heavy atom. The predicted molar refractivity (Wildman–Crippen MR) is 90.1 cm³/mol. The van der Waals surface area contributed by atoms with Gasteiger partial charge in [0.05, 0.1) is 0 Å². The Hall–Kier alpha value is -0.650. The van der Waals surface area contributed by atoms with Crippen molar-refractivity contribution < 1.29 is 14.7 Å². The zero-order valence-corrected chi connectivity index (χ0v) is 15.7. The van der Waals surface area contributed by atoms with Crippen molar-refractivity contribution in [3.63, 3.8) is 0 Å². The Morgan fingerprint density at radius 1 is 1.09 bits per heavy atom. The zero-order valence-electron chi connectivity index (χ0n) is 15.7.